The fourth-order valence-corrected chi connectivity index (χ4v) is 2.76. The Morgan fingerprint density at radius 1 is 1.17 bits per heavy atom. The van der Waals surface area contributed by atoms with Crippen molar-refractivity contribution in [2.75, 3.05) is 5.32 Å². The number of carbonyl (C=O) groups is 1. The van der Waals surface area contributed by atoms with Crippen LogP contribution in [0.1, 0.15) is 42.8 Å². The standard InChI is InChI=1S/C18H25N3O2/c1-5-14-8-7-9-15(6-2)17(14)20-16(22)10-11-21-13(4)12(3)19-18(21)23/h7-9H,5-6,10-11H2,1-4H3,(H,19,23)(H,20,22). The zero-order chi connectivity index (χ0) is 17.0. The van der Waals surface area contributed by atoms with E-state index in [-0.39, 0.29) is 18.0 Å². The van der Waals surface area contributed by atoms with Gasteiger partial charge in [0.05, 0.1) is 0 Å². The quantitative estimate of drug-likeness (QED) is 0.860. The number of benzene rings is 1. The molecule has 0 aliphatic carbocycles. The van der Waals surface area contributed by atoms with Crippen LogP contribution in [0.25, 0.3) is 0 Å². The Hall–Kier alpha value is -2.30. The molecule has 2 N–H and O–H groups in total. The maximum atomic E-state index is 12.3. The van der Waals surface area contributed by atoms with Crippen LogP contribution < -0.4 is 11.0 Å². The molecule has 0 bridgehead atoms. The Morgan fingerprint density at radius 2 is 1.78 bits per heavy atom. The van der Waals surface area contributed by atoms with Crippen molar-refractivity contribution in [3.8, 4) is 0 Å². The number of aromatic nitrogens is 2. The smallest absolute Gasteiger partial charge is 0.325 e. The van der Waals surface area contributed by atoms with E-state index in [9.17, 15) is 9.59 Å². The third-order valence-electron chi connectivity index (χ3n) is 4.31. The van der Waals surface area contributed by atoms with Gasteiger partial charge in [0.2, 0.25) is 5.91 Å². The Morgan fingerprint density at radius 3 is 2.26 bits per heavy atom. The topological polar surface area (TPSA) is 66.9 Å². The van der Waals surface area contributed by atoms with E-state index < -0.39 is 0 Å². The second kappa shape index (κ2) is 7.31. The van der Waals surface area contributed by atoms with Gasteiger partial charge in [-0.1, -0.05) is 32.0 Å². The first-order chi connectivity index (χ1) is 11.0. The summed E-state index contributed by atoms with van der Waals surface area (Å²) in [5.41, 5.74) is 4.78. The second-order valence-corrected chi connectivity index (χ2v) is 5.75. The van der Waals surface area contributed by atoms with Crippen LogP contribution >= 0.6 is 0 Å². The predicted molar refractivity (Wildman–Crippen MR) is 93.0 cm³/mol. The number of carbonyl (C=O) groups excluding carboxylic acids is 1. The minimum absolute atomic E-state index is 0.0641. The van der Waals surface area contributed by atoms with Crippen LogP contribution in [0.4, 0.5) is 5.69 Å². The number of anilines is 1. The van der Waals surface area contributed by atoms with Crippen molar-refractivity contribution in [2.45, 2.75) is 53.5 Å². The van der Waals surface area contributed by atoms with Crippen molar-refractivity contribution < 1.29 is 4.79 Å². The summed E-state index contributed by atoms with van der Waals surface area (Å²) >= 11 is 0. The number of hydrogen-bond acceptors (Lipinski definition) is 2. The summed E-state index contributed by atoms with van der Waals surface area (Å²) in [6, 6.07) is 6.11. The molecule has 1 heterocycles. The van der Waals surface area contributed by atoms with Crippen molar-refractivity contribution in [3.63, 3.8) is 0 Å². The third-order valence-corrected chi connectivity index (χ3v) is 4.31. The monoisotopic (exact) mass is 315 g/mol. The SMILES string of the molecule is CCc1cccc(CC)c1NC(=O)CCn1c(C)c(C)[nH]c1=O. The molecule has 2 rings (SSSR count). The molecule has 0 radical (unpaired) electrons. The number of H-pyrrole nitrogens is 1. The molecular formula is C18H25N3O2. The lowest BCUT2D eigenvalue weighted by Gasteiger charge is -2.14. The first-order valence-corrected chi connectivity index (χ1v) is 8.14. The summed E-state index contributed by atoms with van der Waals surface area (Å²) in [6.07, 6.45) is 2.03. The molecule has 124 valence electrons. The molecule has 23 heavy (non-hydrogen) atoms. The Labute approximate surface area is 136 Å². The summed E-state index contributed by atoms with van der Waals surface area (Å²) in [6.45, 7) is 8.29. The zero-order valence-electron chi connectivity index (χ0n) is 14.3. The highest BCUT2D eigenvalue weighted by atomic mass is 16.2. The van der Waals surface area contributed by atoms with Crippen LogP contribution in [0.2, 0.25) is 0 Å². The van der Waals surface area contributed by atoms with E-state index in [0.717, 1.165) is 41.0 Å². The Kier molecular flexibility index (Phi) is 5.42. The minimum atomic E-state index is -0.156. The molecule has 0 aliphatic rings. The molecule has 0 fully saturated rings. The van der Waals surface area contributed by atoms with Crippen LogP contribution in [0.3, 0.4) is 0 Å². The lowest BCUT2D eigenvalue weighted by Crippen LogP contribution is -2.22. The number of aryl methyl sites for hydroxylation is 3. The van der Waals surface area contributed by atoms with Crippen molar-refractivity contribution in [3.05, 3.63) is 51.2 Å². The Bertz CT molecular complexity index is 734. The minimum Gasteiger partial charge on any atom is -0.326 e. The summed E-state index contributed by atoms with van der Waals surface area (Å²) in [7, 11) is 0. The number of para-hydroxylation sites is 1. The number of amides is 1. The maximum Gasteiger partial charge on any atom is 0.325 e. The van der Waals surface area contributed by atoms with Gasteiger partial charge in [-0.2, -0.15) is 0 Å². The molecule has 0 saturated carbocycles. The number of aromatic amines is 1. The Balaban J connectivity index is 2.10. The normalized spacial score (nSPS) is 10.8. The van der Waals surface area contributed by atoms with Gasteiger partial charge in [0.15, 0.2) is 0 Å². The molecule has 1 aromatic carbocycles. The first-order valence-electron chi connectivity index (χ1n) is 8.14. The molecular weight excluding hydrogens is 290 g/mol. The molecule has 0 atom stereocenters. The van der Waals surface area contributed by atoms with Gasteiger partial charge in [-0.3, -0.25) is 9.36 Å². The van der Waals surface area contributed by atoms with Crippen LogP contribution in [0.15, 0.2) is 23.0 Å². The molecule has 0 unspecified atom stereocenters. The van der Waals surface area contributed by atoms with E-state index in [4.69, 9.17) is 0 Å². The van der Waals surface area contributed by atoms with E-state index in [2.05, 4.69) is 24.1 Å². The fourth-order valence-electron chi connectivity index (χ4n) is 2.76. The number of rotatable bonds is 6. The number of imidazole rings is 1. The van der Waals surface area contributed by atoms with Gasteiger partial charge in [0.25, 0.3) is 0 Å². The molecule has 5 nitrogen and oxygen atoms in total. The highest BCUT2D eigenvalue weighted by Gasteiger charge is 2.12. The predicted octanol–water partition coefficient (Wildman–Crippen LogP) is 2.95. The van der Waals surface area contributed by atoms with Crippen molar-refractivity contribution in [1.82, 2.24) is 9.55 Å². The van der Waals surface area contributed by atoms with Gasteiger partial charge >= 0.3 is 5.69 Å². The van der Waals surface area contributed by atoms with Crippen molar-refractivity contribution in [2.24, 2.45) is 0 Å². The van der Waals surface area contributed by atoms with Gasteiger partial charge in [0.1, 0.15) is 0 Å². The number of nitrogens with zero attached hydrogens (tertiary/aromatic N) is 1. The van der Waals surface area contributed by atoms with Gasteiger partial charge in [-0.25, -0.2) is 4.79 Å². The van der Waals surface area contributed by atoms with Gasteiger partial charge in [-0.15, -0.1) is 0 Å². The van der Waals surface area contributed by atoms with E-state index >= 15 is 0 Å². The van der Waals surface area contributed by atoms with Crippen LogP contribution in [0, 0.1) is 13.8 Å². The average molecular weight is 315 g/mol. The van der Waals surface area contributed by atoms with Gasteiger partial charge in [0, 0.05) is 30.0 Å². The first kappa shape index (κ1) is 17.1. The molecule has 1 amide bonds. The third kappa shape index (κ3) is 3.73. The number of hydrogen-bond donors (Lipinski definition) is 2. The lowest BCUT2D eigenvalue weighted by molar-refractivity contribution is -0.116. The lowest BCUT2D eigenvalue weighted by atomic mass is 10.0. The summed E-state index contributed by atoms with van der Waals surface area (Å²) in [4.78, 5) is 26.9. The maximum absolute atomic E-state index is 12.3. The van der Waals surface area contributed by atoms with Crippen LogP contribution in [-0.4, -0.2) is 15.5 Å². The van der Waals surface area contributed by atoms with E-state index in [1.54, 1.807) is 4.57 Å². The number of nitrogens with one attached hydrogen (secondary N) is 2. The van der Waals surface area contributed by atoms with E-state index in [1.807, 2.05) is 32.0 Å². The highest BCUT2D eigenvalue weighted by molar-refractivity contribution is 5.92. The highest BCUT2D eigenvalue weighted by Crippen LogP contribution is 2.22. The average Bonchev–Trinajstić information content (AvgIpc) is 2.78. The second-order valence-electron chi connectivity index (χ2n) is 5.75. The zero-order valence-corrected chi connectivity index (χ0v) is 14.3. The molecule has 5 heteroatoms. The molecule has 0 saturated heterocycles. The van der Waals surface area contributed by atoms with Crippen LogP contribution in [-0.2, 0) is 24.2 Å². The molecule has 2 aromatic rings. The van der Waals surface area contributed by atoms with E-state index in [1.165, 1.54) is 0 Å². The molecule has 0 spiro atoms. The summed E-state index contributed by atoms with van der Waals surface area (Å²) < 4.78 is 1.61. The molecule has 0 aliphatic heterocycles. The van der Waals surface area contributed by atoms with E-state index in [0.29, 0.717) is 6.54 Å². The van der Waals surface area contributed by atoms with Gasteiger partial charge in [-0.05, 0) is 37.8 Å². The van der Waals surface area contributed by atoms with Gasteiger partial charge < -0.3 is 10.3 Å². The summed E-state index contributed by atoms with van der Waals surface area (Å²) in [5.74, 6) is -0.0641. The fraction of sp³-hybridized carbons (Fsp3) is 0.444. The van der Waals surface area contributed by atoms with Crippen molar-refractivity contribution >= 4 is 11.6 Å². The van der Waals surface area contributed by atoms with Crippen LogP contribution in [0.5, 0.6) is 0 Å². The molecule has 1 aromatic heterocycles. The van der Waals surface area contributed by atoms with Crippen molar-refractivity contribution in [1.29, 1.82) is 0 Å². The summed E-state index contributed by atoms with van der Waals surface area (Å²) in [5, 5.41) is 3.03. The largest absolute Gasteiger partial charge is 0.326 e.